The quantitative estimate of drug-likeness (QED) is 0.698. The van der Waals surface area contributed by atoms with Crippen LogP contribution in [0.1, 0.15) is 28.9 Å². The Labute approximate surface area is 127 Å². The second-order valence-corrected chi connectivity index (χ2v) is 5.04. The van der Waals surface area contributed by atoms with E-state index < -0.39 is 5.91 Å². The number of nitrogens with one attached hydrogen (secondary N) is 1. The highest BCUT2D eigenvalue weighted by Crippen LogP contribution is 2.34. The molecule has 21 heavy (non-hydrogen) atoms. The molecule has 1 unspecified atom stereocenters. The molecule has 0 heterocycles. The zero-order chi connectivity index (χ0) is 15.6. The Kier molecular flexibility index (Phi) is 4.23. The van der Waals surface area contributed by atoms with Crippen LogP contribution in [0.2, 0.25) is 5.02 Å². The van der Waals surface area contributed by atoms with Crippen LogP contribution in [0, 0.1) is 0 Å². The van der Waals surface area contributed by atoms with Crippen molar-refractivity contribution in [1.82, 2.24) is 0 Å². The molecule has 0 bridgehead atoms. The van der Waals surface area contributed by atoms with Gasteiger partial charge < -0.3 is 21.3 Å². The van der Waals surface area contributed by atoms with Crippen LogP contribution in [-0.2, 0) is 0 Å². The highest BCUT2D eigenvalue weighted by molar-refractivity contribution is 6.33. The Morgan fingerprint density at radius 1 is 1.24 bits per heavy atom. The second-order valence-electron chi connectivity index (χ2n) is 4.63. The smallest absolute Gasteiger partial charge is 0.250 e. The predicted octanol–water partition coefficient (Wildman–Crippen LogP) is 3.02. The number of rotatable bonds is 4. The Hall–Kier alpha value is -2.40. The first-order valence-corrected chi connectivity index (χ1v) is 6.64. The number of phenols is 2. The molecule has 0 aliphatic heterocycles. The maximum Gasteiger partial charge on any atom is 0.250 e. The number of carbonyl (C=O) groups excluding carboxylic acids is 1. The van der Waals surface area contributed by atoms with Gasteiger partial charge in [-0.3, -0.25) is 4.79 Å². The molecule has 1 amide bonds. The minimum atomic E-state index is -0.623. The van der Waals surface area contributed by atoms with E-state index in [1.165, 1.54) is 18.2 Å². The van der Waals surface area contributed by atoms with Crippen molar-refractivity contribution in [3.63, 3.8) is 0 Å². The molecule has 0 saturated heterocycles. The molecule has 0 aromatic heterocycles. The number of halogens is 1. The summed E-state index contributed by atoms with van der Waals surface area (Å²) in [5.74, 6) is -0.653. The molecular formula is C15H15ClN2O3. The number of aromatic hydroxyl groups is 2. The molecule has 2 aromatic rings. The fraction of sp³-hybridized carbons (Fsp3) is 0.133. The Morgan fingerprint density at radius 2 is 1.86 bits per heavy atom. The van der Waals surface area contributed by atoms with Gasteiger partial charge in [0.15, 0.2) is 0 Å². The summed E-state index contributed by atoms with van der Waals surface area (Å²) in [5, 5.41) is 23.0. The van der Waals surface area contributed by atoms with Crippen LogP contribution in [-0.4, -0.2) is 16.1 Å². The van der Waals surface area contributed by atoms with Crippen LogP contribution < -0.4 is 11.1 Å². The summed E-state index contributed by atoms with van der Waals surface area (Å²) in [7, 11) is 0. The van der Waals surface area contributed by atoms with E-state index in [0.717, 1.165) is 0 Å². The fourth-order valence-corrected chi connectivity index (χ4v) is 2.32. The van der Waals surface area contributed by atoms with Crippen LogP contribution in [0.5, 0.6) is 11.5 Å². The van der Waals surface area contributed by atoms with Gasteiger partial charge in [-0.15, -0.1) is 0 Å². The topological polar surface area (TPSA) is 95.6 Å². The van der Waals surface area contributed by atoms with Crippen molar-refractivity contribution in [2.75, 3.05) is 5.32 Å². The van der Waals surface area contributed by atoms with Gasteiger partial charge in [-0.05, 0) is 37.3 Å². The van der Waals surface area contributed by atoms with E-state index >= 15 is 0 Å². The highest BCUT2D eigenvalue weighted by atomic mass is 35.5. The average Bonchev–Trinajstić information content (AvgIpc) is 2.40. The lowest BCUT2D eigenvalue weighted by Gasteiger charge is -2.18. The lowest BCUT2D eigenvalue weighted by molar-refractivity contribution is 0.100. The van der Waals surface area contributed by atoms with Crippen molar-refractivity contribution in [2.45, 2.75) is 13.0 Å². The van der Waals surface area contributed by atoms with Crippen molar-refractivity contribution in [2.24, 2.45) is 5.73 Å². The minimum Gasteiger partial charge on any atom is -0.507 e. The van der Waals surface area contributed by atoms with E-state index in [1.807, 2.05) is 0 Å². The molecule has 0 saturated carbocycles. The van der Waals surface area contributed by atoms with Gasteiger partial charge in [0.25, 0.3) is 0 Å². The normalized spacial score (nSPS) is 11.9. The molecular weight excluding hydrogens is 292 g/mol. The van der Waals surface area contributed by atoms with E-state index in [4.69, 9.17) is 17.3 Å². The van der Waals surface area contributed by atoms with Gasteiger partial charge in [-0.25, -0.2) is 0 Å². The summed E-state index contributed by atoms with van der Waals surface area (Å²) in [6, 6.07) is 8.91. The molecule has 5 nitrogen and oxygen atoms in total. The third-order valence-corrected chi connectivity index (χ3v) is 3.44. The van der Waals surface area contributed by atoms with Crippen LogP contribution >= 0.6 is 11.6 Å². The lowest BCUT2D eigenvalue weighted by Crippen LogP contribution is -2.13. The van der Waals surface area contributed by atoms with Crippen molar-refractivity contribution in [1.29, 1.82) is 0 Å². The maximum atomic E-state index is 11.3. The molecule has 0 spiro atoms. The number of hydrogen-bond donors (Lipinski definition) is 4. The summed E-state index contributed by atoms with van der Waals surface area (Å²) in [4.78, 5) is 11.3. The summed E-state index contributed by atoms with van der Waals surface area (Å²) in [5.41, 5.74) is 6.42. The van der Waals surface area contributed by atoms with Crippen molar-refractivity contribution in [3.05, 3.63) is 52.5 Å². The van der Waals surface area contributed by atoms with Crippen LogP contribution in [0.25, 0.3) is 0 Å². The molecule has 2 rings (SSSR count). The number of anilines is 1. The number of phenolic OH excluding ortho intramolecular Hbond substituents is 2. The largest absolute Gasteiger partial charge is 0.507 e. The summed E-state index contributed by atoms with van der Waals surface area (Å²) in [6.45, 7) is 1.77. The molecule has 2 aromatic carbocycles. The Bertz CT molecular complexity index is 668. The van der Waals surface area contributed by atoms with Crippen LogP contribution in [0.4, 0.5) is 5.69 Å². The maximum absolute atomic E-state index is 11.3. The lowest BCUT2D eigenvalue weighted by atomic mass is 10.1. The third-order valence-electron chi connectivity index (χ3n) is 3.11. The fourth-order valence-electron chi connectivity index (χ4n) is 2.11. The first-order chi connectivity index (χ1) is 9.90. The SMILES string of the molecule is CC(Nc1ccc(Cl)c(C(N)=O)c1)c1c(O)cccc1O. The van der Waals surface area contributed by atoms with Crippen LogP contribution in [0.15, 0.2) is 36.4 Å². The Morgan fingerprint density at radius 3 is 2.43 bits per heavy atom. The number of amides is 1. The number of hydrogen-bond acceptors (Lipinski definition) is 4. The van der Waals surface area contributed by atoms with Gasteiger partial charge in [0, 0.05) is 5.69 Å². The van der Waals surface area contributed by atoms with Gasteiger partial charge in [0.2, 0.25) is 5.91 Å². The van der Waals surface area contributed by atoms with Crippen molar-refractivity contribution >= 4 is 23.2 Å². The van der Waals surface area contributed by atoms with E-state index in [1.54, 1.807) is 25.1 Å². The van der Waals surface area contributed by atoms with E-state index in [9.17, 15) is 15.0 Å². The molecule has 110 valence electrons. The molecule has 6 heteroatoms. The predicted molar refractivity (Wildman–Crippen MR) is 81.8 cm³/mol. The molecule has 0 aliphatic rings. The minimum absolute atomic E-state index is 0.0147. The summed E-state index contributed by atoms with van der Waals surface area (Å²) >= 11 is 5.89. The first kappa shape index (κ1) is 15.0. The first-order valence-electron chi connectivity index (χ1n) is 6.27. The molecule has 0 aliphatic carbocycles. The molecule has 0 radical (unpaired) electrons. The van der Waals surface area contributed by atoms with E-state index in [-0.39, 0.29) is 28.1 Å². The van der Waals surface area contributed by atoms with Gasteiger partial charge in [-0.1, -0.05) is 17.7 Å². The van der Waals surface area contributed by atoms with Crippen molar-refractivity contribution in [3.8, 4) is 11.5 Å². The number of primary amides is 1. The Balaban J connectivity index is 2.30. The second kappa shape index (κ2) is 5.93. The average molecular weight is 307 g/mol. The van der Waals surface area contributed by atoms with Crippen LogP contribution in [0.3, 0.4) is 0 Å². The standard InChI is InChI=1S/C15H15ClN2O3/c1-8(14-12(19)3-2-4-13(14)20)18-9-5-6-11(16)10(7-9)15(17)21/h2-8,18-20H,1H3,(H2,17,21). The number of carbonyl (C=O) groups is 1. The zero-order valence-electron chi connectivity index (χ0n) is 11.3. The zero-order valence-corrected chi connectivity index (χ0v) is 12.1. The number of nitrogens with two attached hydrogens (primary N) is 1. The molecule has 5 N–H and O–H groups in total. The monoisotopic (exact) mass is 306 g/mol. The van der Waals surface area contributed by atoms with Gasteiger partial charge in [0.1, 0.15) is 11.5 Å². The summed E-state index contributed by atoms with van der Waals surface area (Å²) < 4.78 is 0. The highest BCUT2D eigenvalue weighted by Gasteiger charge is 2.16. The third kappa shape index (κ3) is 3.20. The van der Waals surface area contributed by atoms with Gasteiger partial charge in [0.05, 0.1) is 22.2 Å². The van der Waals surface area contributed by atoms with Crippen molar-refractivity contribution < 1.29 is 15.0 Å². The molecule has 0 fully saturated rings. The summed E-state index contributed by atoms with van der Waals surface area (Å²) in [6.07, 6.45) is 0. The van der Waals surface area contributed by atoms with Gasteiger partial charge >= 0.3 is 0 Å². The van der Waals surface area contributed by atoms with E-state index in [0.29, 0.717) is 11.3 Å². The van der Waals surface area contributed by atoms with E-state index in [2.05, 4.69) is 5.32 Å². The van der Waals surface area contributed by atoms with Gasteiger partial charge in [-0.2, -0.15) is 0 Å². The number of benzene rings is 2. The molecule has 1 atom stereocenters.